The van der Waals surface area contributed by atoms with Crippen LogP contribution in [0.1, 0.15) is 0 Å². The molecular formula is C28H19ClN2. The largest absolute Gasteiger partial charge is 0.354 e. The predicted molar refractivity (Wildman–Crippen MR) is 133 cm³/mol. The second-order valence-electron chi connectivity index (χ2n) is 7.72. The first-order valence-electron chi connectivity index (χ1n) is 10.3. The van der Waals surface area contributed by atoms with Crippen molar-refractivity contribution in [1.29, 1.82) is 0 Å². The number of halogens is 1. The van der Waals surface area contributed by atoms with Crippen molar-refractivity contribution in [3.05, 3.63) is 114 Å². The van der Waals surface area contributed by atoms with E-state index in [0.29, 0.717) is 5.02 Å². The molecule has 0 atom stereocenters. The number of aromatic nitrogens is 1. The Kier molecular flexibility index (Phi) is 4.19. The van der Waals surface area contributed by atoms with Crippen LogP contribution >= 0.6 is 11.6 Å². The Morgan fingerprint density at radius 2 is 1.32 bits per heavy atom. The van der Waals surface area contributed by atoms with Crippen molar-refractivity contribution in [3.8, 4) is 5.69 Å². The average molecular weight is 419 g/mol. The summed E-state index contributed by atoms with van der Waals surface area (Å²) >= 11 is 6.37. The zero-order valence-electron chi connectivity index (χ0n) is 16.7. The first kappa shape index (κ1) is 18.1. The molecule has 0 aliphatic carbocycles. The number of nitrogens with zero attached hydrogens (tertiary/aromatic N) is 1. The van der Waals surface area contributed by atoms with Crippen LogP contribution in [0.3, 0.4) is 0 Å². The van der Waals surface area contributed by atoms with E-state index in [9.17, 15) is 0 Å². The maximum absolute atomic E-state index is 6.37. The van der Waals surface area contributed by atoms with Crippen molar-refractivity contribution in [2.24, 2.45) is 0 Å². The van der Waals surface area contributed by atoms with Crippen LogP contribution in [0.15, 0.2) is 109 Å². The normalized spacial score (nSPS) is 11.4. The standard InChI is InChI=1S/C28H19ClN2/c29-25-10-4-5-11-26(25)30-21-14-16-24-23-9-3-6-12-27(23)31(28(24)18-21)22-15-13-19-7-1-2-8-20(19)17-22/h1-18,30H. The molecule has 0 spiro atoms. The maximum Gasteiger partial charge on any atom is 0.0640 e. The summed E-state index contributed by atoms with van der Waals surface area (Å²) in [5, 5.41) is 9.13. The fourth-order valence-electron chi connectivity index (χ4n) is 4.36. The third kappa shape index (κ3) is 3.04. The van der Waals surface area contributed by atoms with Gasteiger partial charge in [0.1, 0.15) is 0 Å². The summed E-state index contributed by atoms with van der Waals surface area (Å²) < 4.78 is 2.34. The Balaban J connectivity index is 1.59. The molecule has 3 heteroatoms. The summed E-state index contributed by atoms with van der Waals surface area (Å²) in [4.78, 5) is 0. The number of benzene rings is 5. The number of hydrogen-bond donors (Lipinski definition) is 1. The number of rotatable bonds is 3. The monoisotopic (exact) mass is 418 g/mol. The number of fused-ring (bicyclic) bond motifs is 4. The van der Waals surface area contributed by atoms with Gasteiger partial charge in [0.05, 0.1) is 21.7 Å². The molecule has 0 radical (unpaired) electrons. The van der Waals surface area contributed by atoms with Gasteiger partial charge in [0.2, 0.25) is 0 Å². The number of anilines is 2. The molecule has 6 aromatic rings. The number of para-hydroxylation sites is 2. The summed E-state index contributed by atoms with van der Waals surface area (Å²) in [6.45, 7) is 0. The zero-order valence-corrected chi connectivity index (χ0v) is 17.5. The van der Waals surface area contributed by atoms with Gasteiger partial charge in [-0.3, -0.25) is 0 Å². The highest BCUT2D eigenvalue weighted by atomic mass is 35.5. The van der Waals surface area contributed by atoms with E-state index in [1.54, 1.807) is 0 Å². The van der Waals surface area contributed by atoms with Gasteiger partial charge in [0.15, 0.2) is 0 Å². The molecule has 0 unspecified atom stereocenters. The Labute approximate surface area is 185 Å². The summed E-state index contributed by atoms with van der Waals surface area (Å²) in [6.07, 6.45) is 0. The van der Waals surface area contributed by atoms with Crippen LogP contribution in [-0.2, 0) is 0 Å². The lowest BCUT2D eigenvalue weighted by molar-refractivity contribution is 1.19. The molecule has 6 rings (SSSR count). The van der Waals surface area contributed by atoms with Gasteiger partial charge < -0.3 is 9.88 Å². The lowest BCUT2D eigenvalue weighted by Gasteiger charge is -2.11. The minimum absolute atomic E-state index is 0.706. The zero-order chi connectivity index (χ0) is 20.8. The van der Waals surface area contributed by atoms with Gasteiger partial charge in [-0.2, -0.15) is 0 Å². The molecule has 0 bridgehead atoms. The molecule has 0 fully saturated rings. The highest BCUT2D eigenvalue weighted by Gasteiger charge is 2.13. The van der Waals surface area contributed by atoms with Crippen molar-refractivity contribution in [2.45, 2.75) is 0 Å². The summed E-state index contributed by atoms with van der Waals surface area (Å²) in [7, 11) is 0. The van der Waals surface area contributed by atoms with Crippen molar-refractivity contribution < 1.29 is 0 Å². The molecule has 0 aliphatic heterocycles. The van der Waals surface area contributed by atoms with Crippen molar-refractivity contribution in [1.82, 2.24) is 4.57 Å². The molecule has 148 valence electrons. The SMILES string of the molecule is Clc1ccccc1Nc1ccc2c3ccccc3n(-c3ccc4ccccc4c3)c2c1. The Morgan fingerprint density at radius 1 is 0.581 bits per heavy atom. The molecule has 0 saturated heterocycles. The van der Waals surface area contributed by atoms with E-state index in [0.717, 1.165) is 22.6 Å². The summed E-state index contributed by atoms with van der Waals surface area (Å²) in [5.74, 6) is 0. The number of nitrogens with one attached hydrogen (secondary N) is 1. The van der Waals surface area contributed by atoms with Gasteiger partial charge in [-0.05, 0) is 53.2 Å². The van der Waals surface area contributed by atoms with Gasteiger partial charge in [-0.25, -0.2) is 0 Å². The Bertz CT molecular complexity index is 1580. The molecule has 1 N–H and O–H groups in total. The third-order valence-electron chi connectivity index (χ3n) is 5.82. The molecule has 0 aliphatic rings. The number of hydrogen-bond acceptors (Lipinski definition) is 1. The van der Waals surface area contributed by atoms with Crippen molar-refractivity contribution >= 4 is 55.6 Å². The van der Waals surface area contributed by atoms with Crippen LogP contribution in [0.2, 0.25) is 5.02 Å². The van der Waals surface area contributed by atoms with E-state index < -0.39 is 0 Å². The van der Waals surface area contributed by atoms with Crippen LogP contribution in [0.5, 0.6) is 0 Å². The molecule has 0 amide bonds. The third-order valence-corrected chi connectivity index (χ3v) is 6.15. The molecule has 0 saturated carbocycles. The Morgan fingerprint density at radius 3 is 2.23 bits per heavy atom. The van der Waals surface area contributed by atoms with Gasteiger partial charge in [0.25, 0.3) is 0 Å². The minimum atomic E-state index is 0.706. The van der Waals surface area contributed by atoms with Gasteiger partial charge in [0, 0.05) is 22.1 Å². The molecule has 31 heavy (non-hydrogen) atoms. The van der Waals surface area contributed by atoms with E-state index in [-0.39, 0.29) is 0 Å². The van der Waals surface area contributed by atoms with Crippen LogP contribution in [0, 0.1) is 0 Å². The molecule has 2 nitrogen and oxygen atoms in total. The van der Waals surface area contributed by atoms with Crippen molar-refractivity contribution in [3.63, 3.8) is 0 Å². The summed E-state index contributed by atoms with van der Waals surface area (Å²) in [5.41, 5.74) is 5.42. The molecule has 5 aromatic carbocycles. The second-order valence-corrected chi connectivity index (χ2v) is 8.13. The fourth-order valence-corrected chi connectivity index (χ4v) is 4.54. The average Bonchev–Trinajstić information content (AvgIpc) is 3.14. The van der Waals surface area contributed by atoms with Gasteiger partial charge in [-0.1, -0.05) is 78.3 Å². The van der Waals surface area contributed by atoms with Crippen LogP contribution in [0.25, 0.3) is 38.3 Å². The quantitative estimate of drug-likeness (QED) is 0.305. The maximum atomic E-state index is 6.37. The predicted octanol–water partition coefficient (Wildman–Crippen LogP) is 8.33. The highest BCUT2D eigenvalue weighted by molar-refractivity contribution is 6.33. The first-order valence-corrected chi connectivity index (χ1v) is 10.7. The lowest BCUT2D eigenvalue weighted by Crippen LogP contribution is -1.95. The van der Waals surface area contributed by atoms with E-state index in [1.165, 1.54) is 27.1 Å². The molecule has 1 aromatic heterocycles. The van der Waals surface area contributed by atoms with Gasteiger partial charge in [-0.15, -0.1) is 0 Å². The Hall–Kier alpha value is -3.75. The second kappa shape index (κ2) is 7.19. The van der Waals surface area contributed by atoms with E-state index in [2.05, 4.69) is 94.8 Å². The van der Waals surface area contributed by atoms with Crippen LogP contribution < -0.4 is 5.32 Å². The first-order chi connectivity index (χ1) is 15.3. The lowest BCUT2D eigenvalue weighted by atomic mass is 10.1. The van der Waals surface area contributed by atoms with Gasteiger partial charge >= 0.3 is 0 Å². The fraction of sp³-hybridized carbons (Fsp3) is 0. The smallest absolute Gasteiger partial charge is 0.0640 e. The van der Waals surface area contributed by atoms with E-state index in [4.69, 9.17) is 11.6 Å². The van der Waals surface area contributed by atoms with E-state index in [1.807, 2.05) is 24.3 Å². The topological polar surface area (TPSA) is 17.0 Å². The van der Waals surface area contributed by atoms with Crippen molar-refractivity contribution in [2.75, 3.05) is 5.32 Å². The van der Waals surface area contributed by atoms with E-state index >= 15 is 0 Å². The highest BCUT2D eigenvalue weighted by Crippen LogP contribution is 2.35. The summed E-state index contributed by atoms with van der Waals surface area (Å²) in [6, 6.07) is 38.0. The van der Waals surface area contributed by atoms with Crippen LogP contribution in [0.4, 0.5) is 11.4 Å². The minimum Gasteiger partial charge on any atom is -0.354 e. The van der Waals surface area contributed by atoms with Crippen LogP contribution in [-0.4, -0.2) is 4.57 Å². The molecular weight excluding hydrogens is 400 g/mol. The molecule has 1 heterocycles.